The maximum absolute atomic E-state index is 15.2. The fourth-order valence-electron chi connectivity index (χ4n) is 12.8. The van der Waals surface area contributed by atoms with Gasteiger partial charge in [-0.15, -0.1) is 0 Å². The van der Waals surface area contributed by atoms with E-state index in [1.165, 1.54) is 43.0 Å². The summed E-state index contributed by atoms with van der Waals surface area (Å²) in [5, 5.41) is 73.0. The van der Waals surface area contributed by atoms with Gasteiger partial charge in [-0.25, -0.2) is 0 Å². The molecule has 1 saturated heterocycles. The molecule has 0 bridgehead atoms. The number of carboxylic acid groups (broad SMARTS) is 1. The molecule has 33 nitrogen and oxygen atoms in total. The number of H-pyrrole nitrogens is 1. The number of aliphatic carboxylic acids is 1. The number of likely N-dealkylation sites (tertiary alicyclic amines) is 1. The first-order chi connectivity index (χ1) is 54.4. The highest BCUT2D eigenvalue weighted by Gasteiger charge is 2.40. The van der Waals surface area contributed by atoms with Crippen molar-refractivity contribution in [3.05, 3.63) is 149 Å². The van der Waals surface area contributed by atoms with Crippen molar-refractivity contribution in [1.82, 2.24) is 73.7 Å². The molecule has 34 heteroatoms. The summed E-state index contributed by atoms with van der Waals surface area (Å²) in [6, 6.07) is 19.0. The van der Waals surface area contributed by atoms with Gasteiger partial charge in [-0.05, 0) is 141 Å². The topological polar surface area (TPSA) is 517 Å². The third kappa shape index (κ3) is 30.0. The summed E-state index contributed by atoms with van der Waals surface area (Å²) in [6.07, 6.45) is 2.52. The molecular formula is C80H109ClN18O15. The zero-order valence-corrected chi connectivity index (χ0v) is 66.0. The Morgan fingerprint density at radius 2 is 1.07 bits per heavy atom. The minimum atomic E-state index is -1.83. The number of aliphatic hydroxyl groups excluding tert-OH is 1. The average molecular weight is 1600 g/mol. The number of nitrogens with one attached hydrogen (secondary N) is 14. The van der Waals surface area contributed by atoms with Crippen LogP contribution in [0.3, 0.4) is 0 Å². The Hall–Kier alpha value is -11.9. The molecular weight excluding hydrogens is 1490 g/mol. The molecule has 0 spiro atoms. The van der Waals surface area contributed by atoms with Crippen molar-refractivity contribution < 1.29 is 72.9 Å². The van der Waals surface area contributed by atoms with Gasteiger partial charge in [-0.3, -0.25) is 67.9 Å². The minimum Gasteiger partial charge on any atom is -0.508 e. The van der Waals surface area contributed by atoms with Crippen LogP contribution in [0.2, 0.25) is 5.02 Å². The van der Waals surface area contributed by atoms with E-state index in [1.807, 2.05) is 62.4 Å². The molecule has 11 amide bonds. The Morgan fingerprint density at radius 1 is 0.579 bits per heavy atom. The molecule has 7 rings (SSSR count). The number of aliphatic hydroxyl groups is 1. The van der Waals surface area contributed by atoms with Crippen molar-refractivity contribution in [2.45, 2.75) is 186 Å². The van der Waals surface area contributed by atoms with Crippen molar-refractivity contribution in [1.29, 1.82) is 5.41 Å². The van der Waals surface area contributed by atoms with Gasteiger partial charge in [-0.2, -0.15) is 0 Å². The van der Waals surface area contributed by atoms with Crippen LogP contribution in [0.4, 0.5) is 0 Å². The van der Waals surface area contributed by atoms with E-state index in [4.69, 9.17) is 38.4 Å². The number of fused-ring (bicyclic) bond motifs is 2. The first kappa shape index (κ1) is 91.0. The Bertz CT molecular complexity index is 4300. The van der Waals surface area contributed by atoms with Crippen molar-refractivity contribution in [3.63, 3.8) is 0 Å². The highest BCUT2D eigenvalue weighted by molar-refractivity contribution is 6.30. The molecule has 616 valence electrons. The van der Waals surface area contributed by atoms with E-state index in [9.17, 15) is 43.8 Å². The average Bonchev–Trinajstić information content (AvgIpc) is 1.63. The number of phenolic OH excluding ortho intramolecular Hbond substituents is 1. The van der Waals surface area contributed by atoms with E-state index < -0.39 is 138 Å². The van der Waals surface area contributed by atoms with E-state index in [-0.39, 0.29) is 101 Å². The van der Waals surface area contributed by atoms with Crippen molar-refractivity contribution in [3.8, 4) is 5.75 Å². The maximum atomic E-state index is 15.2. The number of aliphatic imine (C=N–C) groups is 1. The molecule has 1 aliphatic heterocycles. The van der Waals surface area contributed by atoms with Crippen molar-refractivity contribution in [2.24, 2.45) is 22.4 Å². The predicted molar refractivity (Wildman–Crippen MR) is 432 cm³/mol. The third-order valence-corrected chi connectivity index (χ3v) is 18.8. The number of carboxylic acids is 1. The van der Waals surface area contributed by atoms with Crippen LogP contribution >= 0.6 is 11.6 Å². The summed E-state index contributed by atoms with van der Waals surface area (Å²) in [6.45, 7) is 11.8. The lowest BCUT2D eigenvalue weighted by molar-refractivity contribution is -0.142. The molecule has 0 aliphatic carbocycles. The molecule has 2 heterocycles. The second-order valence-electron chi connectivity index (χ2n) is 28.3. The summed E-state index contributed by atoms with van der Waals surface area (Å²) in [5.74, 6) is -9.74. The highest BCUT2D eigenvalue weighted by atomic mass is 35.5. The van der Waals surface area contributed by atoms with E-state index in [1.54, 1.807) is 62.5 Å². The molecule has 1 fully saturated rings. The summed E-state index contributed by atoms with van der Waals surface area (Å²) in [5.41, 5.74) is 13.9. The van der Waals surface area contributed by atoms with Crippen molar-refractivity contribution in [2.75, 3.05) is 39.3 Å². The molecule has 1 aromatic heterocycles. The second-order valence-corrected chi connectivity index (χ2v) is 28.7. The number of aromatic hydroxyl groups is 1. The molecule has 114 heavy (non-hydrogen) atoms. The van der Waals surface area contributed by atoms with Crippen LogP contribution in [-0.4, -0.2) is 208 Å². The number of carbonyl (C=O) groups is 12. The van der Waals surface area contributed by atoms with Gasteiger partial charge >= 0.3 is 0 Å². The lowest BCUT2D eigenvalue weighted by atomic mass is 9.99. The molecule has 1 aliphatic rings. The largest absolute Gasteiger partial charge is 0.508 e. The number of para-hydroxylation sites is 1. The number of hydrogen-bond acceptors (Lipinski definition) is 16. The molecule has 21 N–H and O–H groups in total. The van der Waals surface area contributed by atoms with E-state index in [2.05, 4.69) is 73.8 Å². The number of nitrogens with two attached hydrogens (primary N) is 2. The molecule has 0 unspecified atom stereocenters. The SMILES string of the molecule is CC(=O)O.CCNC(=NCCCC[C@H](NC(=O)[C@H](Cc1ccc(O)cc1)NC(=O)[C@H](CO)NC(=O)[C@H](Cc1c[nH]c2ccccc12)NC(=O)[C@@H](Cc1ccc(Cl)cc1)NC(=O)[C@@H](Cc1ccc2ccccc2c1)NC(C)=O)C(=O)N[C@@H](CC(C)C)C(=O)N[C@@H](CCCNC(=N)N)C(=O)N1CCC[C@H]1C(=O)N[C@@H](C)C(N)=O)NCC. The Kier molecular flexibility index (Phi) is 36.9. The van der Waals surface area contributed by atoms with E-state index >= 15 is 19.2 Å². The van der Waals surface area contributed by atoms with Crippen LogP contribution < -0.4 is 75.3 Å². The maximum Gasteiger partial charge on any atom is 0.300 e. The van der Waals surface area contributed by atoms with Crippen LogP contribution in [0.1, 0.15) is 122 Å². The fourth-order valence-corrected chi connectivity index (χ4v) is 13.0. The number of aromatic amines is 1. The lowest BCUT2D eigenvalue weighted by Gasteiger charge is -2.31. The normalized spacial score (nSPS) is 14.7. The lowest BCUT2D eigenvalue weighted by Crippen LogP contribution is -2.61. The summed E-state index contributed by atoms with van der Waals surface area (Å²) in [7, 11) is 0. The number of hydrogen-bond donors (Lipinski definition) is 19. The number of rotatable bonds is 41. The summed E-state index contributed by atoms with van der Waals surface area (Å²) >= 11 is 6.28. The van der Waals surface area contributed by atoms with Crippen molar-refractivity contribution >= 4 is 116 Å². The van der Waals surface area contributed by atoms with Gasteiger partial charge < -0.3 is 100 Å². The predicted octanol–water partition coefficient (Wildman–Crippen LogP) is 1.97. The summed E-state index contributed by atoms with van der Waals surface area (Å²) < 4.78 is 0. The minimum absolute atomic E-state index is 0.0114. The van der Waals surface area contributed by atoms with Gasteiger partial charge in [0.1, 0.15) is 66.2 Å². The van der Waals surface area contributed by atoms with Crippen LogP contribution in [0.25, 0.3) is 21.7 Å². The quantitative estimate of drug-likeness (QED) is 0.0148. The Morgan fingerprint density at radius 3 is 1.65 bits per heavy atom. The number of benzene rings is 5. The number of nitrogens with zero attached hydrogens (tertiary/aromatic N) is 2. The number of amides is 11. The fraction of sp³-hybridized carbons (Fsp3) is 0.450. The van der Waals surface area contributed by atoms with E-state index in [0.717, 1.165) is 17.7 Å². The first-order valence-electron chi connectivity index (χ1n) is 38.1. The van der Waals surface area contributed by atoms with Gasteiger partial charge in [0.05, 0.1) is 6.61 Å². The number of unbranched alkanes of at least 4 members (excludes halogenated alkanes) is 1. The highest BCUT2D eigenvalue weighted by Crippen LogP contribution is 2.24. The zero-order valence-electron chi connectivity index (χ0n) is 65.3. The molecule has 0 saturated carbocycles. The number of aromatic nitrogens is 1. The molecule has 0 radical (unpaired) electrons. The smallest absolute Gasteiger partial charge is 0.300 e. The standard InChI is InChI=1S/C78H105ClN18O13.C2H4O2/c1-7-83-78(84-8-2)86-34-14-13-21-58(68(102)92-60(37-45(3)4)69(103)91-59(22-15-35-85-77(81)82)76(110)97-36-16-23-66(97)75(109)88-46(5)67(80)101)90-71(105)62(40-49-27-32-55(100)33-28-49)94-74(108)65(44-98)96-73(107)64(42-53-43-87-57-20-12-11-19-56(53)57)95-72(106)63(39-48-25-30-54(79)31-26-48)93-70(104)61(89-47(6)99)41-50-24-29-51-17-9-10-18-52(51)38-50;1-2(3)4/h9-12,17-20,24-33,38,43,45-46,58-66,87,98,100H,7-8,13-16,21-23,34-37,39-42,44H2,1-6H3,(H2,80,101)(H,88,109)(H,89,99)(H,90,105)(H,91,103)(H,92,102)(H,93,104)(H,94,108)(H,95,106)(H,96,107)(H4,81,82,85)(H2,83,84,86);1H3,(H,3,4)/t46-,58-,59-,60-,61+,62-,63+,64-,65-,66-;/m0./s1. The van der Waals surface area contributed by atoms with Crippen LogP contribution in [-0.2, 0) is 83.2 Å². The van der Waals surface area contributed by atoms with Crippen LogP contribution in [0.5, 0.6) is 5.75 Å². The van der Waals surface area contributed by atoms with Crippen LogP contribution in [0, 0.1) is 11.3 Å². The zero-order chi connectivity index (χ0) is 83.6. The summed E-state index contributed by atoms with van der Waals surface area (Å²) in [4.78, 5) is 175. The van der Waals surface area contributed by atoms with Gasteiger partial charge in [0.15, 0.2) is 11.9 Å². The Balaban J connectivity index is 0.00000493. The van der Waals surface area contributed by atoms with Crippen LogP contribution in [0.15, 0.2) is 126 Å². The number of primary amides is 1. The molecule has 10 atom stereocenters. The third-order valence-electron chi connectivity index (χ3n) is 18.5. The van der Waals surface area contributed by atoms with Gasteiger partial charge in [-0.1, -0.05) is 110 Å². The number of guanidine groups is 2. The number of phenols is 1. The second kappa shape index (κ2) is 46.2. The van der Waals surface area contributed by atoms with E-state index in [0.29, 0.717) is 70.1 Å². The Labute approximate surface area is 667 Å². The number of halogens is 1. The first-order valence-corrected chi connectivity index (χ1v) is 38.5. The van der Waals surface area contributed by atoms with Gasteiger partial charge in [0.25, 0.3) is 5.97 Å². The number of carbonyl (C=O) groups excluding carboxylic acids is 11. The van der Waals surface area contributed by atoms with Gasteiger partial charge in [0, 0.05) is 94.4 Å². The molecule has 5 aromatic carbocycles. The monoisotopic (exact) mass is 1600 g/mol. The van der Waals surface area contributed by atoms with Gasteiger partial charge in [0.2, 0.25) is 65.0 Å². The molecule has 6 aromatic rings.